The Morgan fingerprint density at radius 3 is 2.36 bits per heavy atom. The first-order valence-corrected chi connectivity index (χ1v) is 12.2. The summed E-state index contributed by atoms with van der Waals surface area (Å²) in [5, 5.41) is 11.8. The summed E-state index contributed by atoms with van der Waals surface area (Å²) in [6, 6.07) is 15.2. The molecule has 0 aliphatic heterocycles. The zero-order valence-electron chi connectivity index (χ0n) is 20.4. The lowest BCUT2D eigenvalue weighted by Gasteiger charge is -2.11. The molecule has 5 aromatic rings. The van der Waals surface area contributed by atoms with Crippen LogP contribution in [0.5, 0.6) is 5.75 Å². The largest absolute Gasteiger partial charge is 0.497 e. The summed E-state index contributed by atoms with van der Waals surface area (Å²) in [6.45, 7) is 2.03. The quantitative estimate of drug-likeness (QED) is 0.249. The molecule has 39 heavy (non-hydrogen) atoms. The molecule has 0 saturated carbocycles. The first kappa shape index (κ1) is 26.5. The second-order valence-corrected chi connectivity index (χ2v) is 9.35. The highest BCUT2D eigenvalue weighted by molar-refractivity contribution is 6.36. The lowest BCUT2D eigenvalue weighted by Crippen LogP contribution is -2.16. The van der Waals surface area contributed by atoms with E-state index in [9.17, 15) is 18.0 Å². The van der Waals surface area contributed by atoms with Crippen LogP contribution in [0.3, 0.4) is 0 Å². The number of carbonyl (C=O) groups is 1. The molecule has 3 heterocycles. The Labute approximate surface area is 229 Å². The van der Waals surface area contributed by atoms with E-state index in [4.69, 9.17) is 27.9 Å². The average molecular weight is 575 g/mol. The maximum absolute atomic E-state index is 13.9. The van der Waals surface area contributed by atoms with E-state index in [0.717, 1.165) is 6.07 Å². The van der Waals surface area contributed by atoms with E-state index in [1.54, 1.807) is 60.1 Å². The Bertz CT molecular complexity index is 1680. The summed E-state index contributed by atoms with van der Waals surface area (Å²) in [6.07, 6.45) is -4.75. The van der Waals surface area contributed by atoms with E-state index in [1.807, 2.05) is 0 Å². The molecular weight excluding hydrogens is 556 g/mol. The van der Waals surface area contributed by atoms with Gasteiger partial charge in [0.2, 0.25) is 0 Å². The number of fused-ring (bicyclic) bond motifs is 1. The summed E-state index contributed by atoms with van der Waals surface area (Å²) in [5.41, 5.74) is 0.379. The van der Waals surface area contributed by atoms with Crippen molar-refractivity contribution in [3.8, 4) is 17.0 Å². The Balaban J connectivity index is 1.45. The lowest BCUT2D eigenvalue weighted by atomic mass is 10.1. The van der Waals surface area contributed by atoms with Crippen LogP contribution in [-0.4, -0.2) is 37.4 Å². The highest BCUT2D eigenvalue weighted by Gasteiger charge is 2.35. The molecule has 1 N–H and O–H groups in total. The number of nitrogens with zero attached hydrogens (tertiary/aromatic N) is 5. The monoisotopic (exact) mass is 574 g/mol. The number of rotatable bonds is 6. The topological polar surface area (TPSA) is 86.3 Å². The minimum Gasteiger partial charge on any atom is -0.497 e. The summed E-state index contributed by atoms with van der Waals surface area (Å²) >= 11 is 12.5. The first-order chi connectivity index (χ1) is 18.5. The van der Waals surface area contributed by atoms with Gasteiger partial charge in [-0.05, 0) is 49.4 Å². The van der Waals surface area contributed by atoms with Crippen molar-refractivity contribution in [3.63, 3.8) is 0 Å². The van der Waals surface area contributed by atoms with Crippen LogP contribution in [0.2, 0.25) is 10.0 Å². The minimum absolute atomic E-state index is 0.0666. The zero-order valence-corrected chi connectivity index (χ0v) is 21.9. The van der Waals surface area contributed by atoms with Crippen molar-refractivity contribution in [3.05, 3.63) is 93.4 Å². The van der Waals surface area contributed by atoms with Crippen molar-refractivity contribution < 1.29 is 22.7 Å². The smallest absolute Gasteiger partial charge is 0.433 e. The van der Waals surface area contributed by atoms with Gasteiger partial charge < -0.3 is 10.1 Å². The van der Waals surface area contributed by atoms with Gasteiger partial charge in [0, 0.05) is 39.0 Å². The van der Waals surface area contributed by atoms with Crippen LogP contribution in [-0.2, 0) is 12.7 Å². The van der Waals surface area contributed by atoms with E-state index in [0.29, 0.717) is 37.1 Å². The van der Waals surface area contributed by atoms with Crippen LogP contribution in [0.25, 0.3) is 16.9 Å². The fourth-order valence-electron chi connectivity index (χ4n) is 3.94. The lowest BCUT2D eigenvalue weighted by molar-refractivity contribution is -0.142. The van der Waals surface area contributed by atoms with Gasteiger partial charge in [-0.25, -0.2) is 9.50 Å². The number of halogens is 5. The van der Waals surface area contributed by atoms with Gasteiger partial charge in [0.25, 0.3) is 5.91 Å². The number of methoxy groups -OCH3 is 1. The zero-order chi connectivity index (χ0) is 27.9. The normalized spacial score (nSPS) is 11.7. The van der Waals surface area contributed by atoms with Crippen LogP contribution in [0.15, 0.2) is 60.7 Å². The third-order valence-electron chi connectivity index (χ3n) is 5.93. The van der Waals surface area contributed by atoms with E-state index in [2.05, 4.69) is 20.5 Å². The standard InChI is InChI=1S/C26H19Cl2F3N6O2/c1-14-10-23(35-36(14)13-17-18(27)4-3-5-19(17)28)33-25(38)21-12-24-32-20(15-6-8-16(39-2)9-7-15)11-22(26(29,30)31)37(24)34-21/h3-12H,13H2,1-2H3,(H,33,35,38). The summed E-state index contributed by atoms with van der Waals surface area (Å²) in [4.78, 5) is 17.3. The molecule has 0 atom stereocenters. The molecular formula is C26H19Cl2F3N6O2. The molecule has 2 aromatic carbocycles. The average Bonchev–Trinajstić information content (AvgIpc) is 3.48. The molecule has 0 fully saturated rings. The predicted molar refractivity (Wildman–Crippen MR) is 140 cm³/mol. The number of anilines is 1. The highest BCUT2D eigenvalue weighted by atomic mass is 35.5. The van der Waals surface area contributed by atoms with Crippen LogP contribution in [0, 0.1) is 6.92 Å². The van der Waals surface area contributed by atoms with Crippen LogP contribution in [0.4, 0.5) is 19.0 Å². The molecule has 0 unspecified atom stereocenters. The third-order valence-corrected chi connectivity index (χ3v) is 6.64. The van der Waals surface area contributed by atoms with Crippen molar-refractivity contribution in [2.24, 2.45) is 0 Å². The van der Waals surface area contributed by atoms with Gasteiger partial charge in [-0.15, -0.1) is 0 Å². The van der Waals surface area contributed by atoms with Crippen molar-refractivity contribution >= 4 is 40.6 Å². The number of carbonyl (C=O) groups excluding carboxylic acids is 1. The van der Waals surface area contributed by atoms with Crippen LogP contribution < -0.4 is 10.1 Å². The Morgan fingerprint density at radius 1 is 1.03 bits per heavy atom. The van der Waals surface area contributed by atoms with Crippen LogP contribution in [0.1, 0.15) is 27.4 Å². The van der Waals surface area contributed by atoms with E-state index in [-0.39, 0.29) is 29.4 Å². The maximum Gasteiger partial charge on any atom is 0.433 e. The molecule has 8 nitrogen and oxygen atoms in total. The number of hydrogen-bond donors (Lipinski definition) is 1. The van der Waals surface area contributed by atoms with Crippen molar-refractivity contribution in [2.75, 3.05) is 12.4 Å². The summed E-state index contributed by atoms with van der Waals surface area (Å²) in [7, 11) is 1.49. The van der Waals surface area contributed by atoms with Crippen molar-refractivity contribution in [1.29, 1.82) is 0 Å². The fraction of sp³-hybridized carbons (Fsp3) is 0.154. The number of benzene rings is 2. The SMILES string of the molecule is COc1ccc(-c2cc(C(F)(F)F)n3nc(C(=O)Nc4cc(C)n(Cc5c(Cl)cccc5Cl)n4)cc3n2)cc1. The molecule has 5 rings (SSSR count). The van der Waals surface area contributed by atoms with Gasteiger partial charge in [0.15, 0.2) is 22.9 Å². The number of alkyl halides is 3. The highest BCUT2D eigenvalue weighted by Crippen LogP contribution is 2.33. The number of aromatic nitrogens is 5. The molecule has 0 bridgehead atoms. The number of aryl methyl sites for hydroxylation is 1. The predicted octanol–water partition coefficient (Wildman–Crippen LogP) is 6.54. The molecule has 0 aliphatic carbocycles. The Morgan fingerprint density at radius 2 is 1.72 bits per heavy atom. The molecule has 13 heteroatoms. The number of hydrogen-bond acceptors (Lipinski definition) is 5. The Kier molecular flexibility index (Phi) is 6.96. The van der Waals surface area contributed by atoms with Gasteiger partial charge in [0.1, 0.15) is 5.75 Å². The van der Waals surface area contributed by atoms with E-state index < -0.39 is 17.8 Å². The molecule has 0 aliphatic rings. The van der Waals surface area contributed by atoms with E-state index in [1.165, 1.54) is 13.2 Å². The number of amides is 1. The van der Waals surface area contributed by atoms with Gasteiger partial charge in [-0.3, -0.25) is 9.48 Å². The van der Waals surface area contributed by atoms with Crippen molar-refractivity contribution in [2.45, 2.75) is 19.6 Å². The molecule has 200 valence electrons. The van der Waals surface area contributed by atoms with E-state index >= 15 is 0 Å². The van der Waals surface area contributed by atoms with Gasteiger partial charge >= 0.3 is 6.18 Å². The number of nitrogens with one attached hydrogen (secondary N) is 1. The molecule has 0 saturated heterocycles. The third kappa shape index (κ3) is 5.41. The minimum atomic E-state index is -4.75. The fourth-order valence-corrected chi connectivity index (χ4v) is 4.46. The van der Waals surface area contributed by atoms with Crippen LogP contribution >= 0.6 is 23.2 Å². The molecule has 0 radical (unpaired) electrons. The summed E-state index contributed by atoms with van der Waals surface area (Å²) in [5.74, 6) is -0.0208. The summed E-state index contributed by atoms with van der Waals surface area (Å²) < 4.78 is 49.1. The second-order valence-electron chi connectivity index (χ2n) is 8.54. The second kappa shape index (κ2) is 10.2. The first-order valence-electron chi connectivity index (χ1n) is 11.4. The molecule has 1 amide bonds. The maximum atomic E-state index is 13.9. The van der Waals surface area contributed by atoms with Gasteiger partial charge in [-0.2, -0.15) is 23.4 Å². The molecule has 0 spiro atoms. The van der Waals surface area contributed by atoms with Crippen molar-refractivity contribution in [1.82, 2.24) is 24.4 Å². The Hall–Kier alpha value is -4.09. The van der Waals surface area contributed by atoms with Gasteiger partial charge in [0.05, 0.1) is 19.3 Å². The molecule has 3 aromatic heterocycles. The number of ether oxygens (including phenoxy) is 1. The van der Waals surface area contributed by atoms with Gasteiger partial charge in [-0.1, -0.05) is 29.3 Å².